The Morgan fingerprint density at radius 3 is 2.67 bits per heavy atom. The van der Waals surface area contributed by atoms with Crippen LogP contribution in [0.2, 0.25) is 0 Å². The molecule has 1 amide bonds. The monoisotopic (exact) mass is 377 g/mol. The first-order valence-corrected chi connectivity index (χ1v) is 10.2. The van der Waals surface area contributed by atoms with Crippen LogP contribution in [0.3, 0.4) is 0 Å². The number of hydrogen-bond donors (Lipinski definition) is 1. The molecule has 4 nitrogen and oxygen atoms in total. The Kier molecular flexibility index (Phi) is 5.32. The summed E-state index contributed by atoms with van der Waals surface area (Å²) in [6, 6.07) is 18.2. The summed E-state index contributed by atoms with van der Waals surface area (Å²) in [5.41, 5.74) is 4.14. The highest BCUT2D eigenvalue weighted by molar-refractivity contribution is 7.09. The number of aryl methyl sites for hydroxylation is 1. The Bertz CT molecular complexity index is 905. The molecule has 27 heavy (non-hydrogen) atoms. The van der Waals surface area contributed by atoms with Crippen LogP contribution in [-0.2, 0) is 11.3 Å². The molecule has 3 aromatic rings. The average molecular weight is 378 g/mol. The molecule has 1 atom stereocenters. The summed E-state index contributed by atoms with van der Waals surface area (Å²) in [5.74, 6) is 0.0840. The van der Waals surface area contributed by atoms with Crippen molar-refractivity contribution < 1.29 is 4.79 Å². The van der Waals surface area contributed by atoms with Crippen LogP contribution in [0, 0.1) is 6.92 Å². The average Bonchev–Trinajstić information content (AvgIpc) is 3.32. The number of nitrogens with zero attached hydrogens (tertiary/aromatic N) is 2. The molecular formula is C22H23N3OS. The van der Waals surface area contributed by atoms with Gasteiger partial charge in [0.25, 0.3) is 0 Å². The van der Waals surface area contributed by atoms with E-state index in [9.17, 15) is 4.79 Å². The van der Waals surface area contributed by atoms with Crippen molar-refractivity contribution in [2.24, 2.45) is 0 Å². The number of aromatic nitrogens is 1. The third kappa shape index (κ3) is 4.26. The van der Waals surface area contributed by atoms with Gasteiger partial charge < -0.3 is 5.32 Å². The molecular weight excluding hydrogens is 354 g/mol. The molecule has 1 N–H and O–H groups in total. The molecule has 1 unspecified atom stereocenters. The normalized spacial score (nSPS) is 17.1. The lowest BCUT2D eigenvalue weighted by Gasteiger charge is -2.23. The van der Waals surface area contributed by atoms with Gasteiger partial charge in [-0.3, -0.25) is 9.69 Å². The molecule has 2 aromatic carbocycles. The predicted molar refractivity (Wildman–Crippen MR) is 111 cm³/mol. The first kappa shape index (κ1) is 17.9. The summed E-state index contributed by atoms with van der Waals surface area (Å²) < 4.78 is 0. The van der Waals surface area contributed by atoms with Gasteiger partial charge in [0.1, 0.15) is 0 Å². The highest BCUT2D eigenvalue weighted by Crippen LogP contribution is 2.25. The molecule has 0 aliphatic carbocycles. The molecule has 1 aliphatic rings. The summed E-state index contributed by atoms with van der Waals surface area (Å²) in [6.07, 6.45) is 1.97. The van der Waals surface area contributed by atoms with Crippen molar-refractivity contribution in [2.75, 3.05) is 11.9 Å². The van der Waals surface area contributed by atoms with E-state index in [-0.39, 0.29) is 11.9 Å². The van der Waals surface area contributed by atoms with Crippen molar-refractivity contribution in [2.45, 2.75) is 32.4 Å². The highest BCUT2D eigenvalue weighted by atomic mass is 32.1. The van der Waals surface area contributed by atoms with Gasteiger partial charge in [0.05, 0.1) is 16.7 Å². The number of anilines is 1. The third-order valence-corrected chi connectivity index (χ3v) is 5.74. The van der Waals surface area contributed by atoms with Crippen LogP contribution in [0.5, 0.6) is 0 Å². The molecule has 1 aliphatic heterocycles. The zero-order chi connectivity index (χ0) is 18.6. The fourth-order valence-electron chi connectivity index (χ4n) is 3.58. The summed E-state index contributed by atoms with van der Waals surface area (Å²) in [4.78, 5) is 19.6. The summed E-state index contributed by atoms with van der Waals surface area (Å²) >= 11 is 1.65. The van der Waals surface area contributed by atoms with E-state index in [0.29, 0.717) is 0 Å². The quantitative estimate of drug-likeness (QED) is 0.700. The largest absolute Gasteiger partial charge is 0.325 e. The number of thiazole rings is 1. The number of benzene rings is 2. The number of carbonyl (C=O) groups is 1. The lowest BCUT2D eigenvalue weighted by atomic mass is 10.1. The Morgan fingerprint density at radius 2 is 1.96 bits per heavy atom. The van der Waals surface area contributed by atoms with E-state index in [0.717, 1.165) is 47.9 Å². The fourth-order valence-corrected chi connectivity index (χ4v) is 4.20. The fraction of sp³-hybridized carbons (Fsp3) is 0.273. The van der Waals surface area contributed by atoms with E-state index in [1.165, 1.54) is 5.56 Å². The minimum atomic E-state index is -0.0638. The molecule has 0 bridgehead atoms. The van der Waals surface area contributed by atoms with Gasteiger partial charge in [-0.15, -0.1) is 11.3 Å². The topological polar surface area (TPSA) is 45.2 Å². The summed E-state index contributed by atoms with van der Waals surface area (Å²) in [5, 5.41) is 6.20. The molecule has 138 valence electrons. The maximum Gasteiger partial charge on any atom is 0.241 e. The first-order valence-electron chi connectivity index (χ1n) is 9.30. The lowest BCUT2D eigenvalue weighted by Crippen LogP contribution is -2.39. The van der Waals surface area contributed by atoms with Gasteiger partial charge in [-0.25, -0.2) is 4.98 Å². The molecule has 0 spiro atoms. The van der Waals surface area contributed by atoms with Crippen LogP contribution in [0.4, 0.5) is 5.69 Å². The van der Waals surface area contributed by atoms with Gasteiger partial charge in [-0.2, -0.15) is 0 Å². The van der Waals surface area contributed by atoms with E-state index >= 15 is 0 Å². The molecule has 1 aromatic heterocycles. The standard InChI is InChI=1S/C22H23N3OS/c1-16-23-20(15-27-16)18-9-11-19(12-10-18)24-22(26)21-8-5-13-25(21)14-17-6-3-2-4-7-17/h2-4,6-7,9-12,15,21H,5,8,13-14H2,1H3,(H,24,26). The maximum absolute atomic E-state index is 12.8. The highest BCUT2D eigenvalue weighted by Gasteiger charge is 2.30. The van der Waals surface area contributed by atoms with Crippen molar-refractivity contribution >= 4 is 22.9 Å². The molecule has 4 rings (SSSR count). The number of nitrogens with one attached hydrogen (secondary N) is 1. The summed E-state index contributed by atoms with van der Waals surface area (Å²) in [6.45, 7) is 3.79. The van der Waals surface area contributed by atoms with Crippen LogP contribution in [0.1, 0.15) is 23.4 Å². The lowest BCUT2D eigenvalue weighted by molar-refractivity contribution is -0.120. The van der Waals surface area contributed by atoms with E-state index < -0.39 is 0 Å². The van der Waals surface area contributed by atoms with E-state index in [1.54, 1.807) is 11.3 Å². The molecule has 1 saturated heterocycles. The van der Waals surface area contributed by atoms with Crippen LogP contribution in [0.25, 0.3) is 11.3 Å². The van der Waals surface area contributed by atoms with Gasteiger partial charge >= 0.3 is 0 Å². The van der Waals surface area contributed by atoms with Gasteiger partial charge in [-0.05, 0) is 44.0 Å². The zero-order valence-corrected chi connectivity index (χ0v) is 16.2. The smallest absolute Gasteiger partial charge is 0.241 e. The van der Waals surface area contributed by atoms with E-state index in [1.807, 2.05) is 49.4 Å². The molecule has 5 heteroatoms. The number of hydrogen-bond acceptors (Lipinski definition) is 4. The van der Waals surface area contributed by atoms with Crippen LogP contribution >= 0.6 is 11.3 Å². The minimum absolute atomic E-state index is 0.0638. The molecule has 2 heterocycles. The van der Waals surface area contributed by atoms with E-state index in [2.05, 4.69) is 32.7 Å². The van der Waals surface area contributed by atoms with E-state index in [4.69, 9.17) is 0 Å². The third-order valence-electron chi connectivity index (χ3n) is 4.96. The van der Waals surface area contributed by atoms with Crippen molar-refractivity contribution in [3.63, 3.8) is 0 Å². The Balaban J connectivity index is 1.40. The van der Waals surface area contributed by atoms with Gasteiger partial charge in [-0.1, -0.05) is 42.5 Å². The SMILES string of the molecule is Cc1nc(-c2ccc(NC(=O)C3CCCN3Cc3ccccc3)cc2)cs1. The Hall–Kier alpha value is -2.50. The maximum atomic E-state index is 12.8. The number of amides is 1. The number of carbonyl (C=O) groups excluding carboxylic acids is 1. The Morgan fingerprint density at radius 1 is 1.19 bits per heavy atom. The van der Waals surface area contributed by atoms with Gasteiger partial charge in [0.2, 0.25) is 5.91 Å². The van der Waals surface area contributed by atoms with Crippen LogP contribution < -0.4 is 5.32 Å². The van der Waals surface area contributed by atoms with Crippen LogP contribution in [0.15, 0.2) is 60.0 Å². The summed E-state index contributed by atoms with van der Waals surface area (Å²) in [7, 11) is 0. The molecule has 0 radical (unpaired) electrons. The van der Waals surface area contributed by atoms with Gasteiger partial charge in [0.15, 0.2) is 0 Å². The predicted octanol–water partition coefficient (Wildman–Crippen LogP) is 4.72. The van der Waals surface area contributed by atoms with Gasteiger partial charge in [0, 0.05) is 23.2 Å². The zero-order valence-electron chi connectivity index (χ0n) is 15.4. The van der Waals surface area contributed by atoms with Crippen molar-refractivity contribution in [1.29, 1.82) is 0 Å². The number of rotatable bonds is 5. The van der Waals surface area contributed by atoms with Crippen molar-refractivity contribution in [1.82, 2.24) is 9.88 Å². The second-order valence-electron chi connectivity index (χ2n) is 6.93. The van der Waals surface area contributed by atoms with Crippen molar-refractivity contribution in [3.05, 3.63) is 70.5 Å². The first-order chi connectivity index (χ1) is 13.2. The molecule has 0 saturated carbocycles. The second-order valence-corrected chi connectivity index (χ2v) is 7.99. The Labute approximate surface area is 163 Å². The molecule has 1 fully saturated rings. The number of likely N-dealkylation sites (tertiary alicyclic amines) is 1. The minimum Gasteiger partial charge on any atom is -0.325 e. The van der Waals surface area contributed by atoms with Crippen LogP contribution in [-0.4, -0.2) is 28.4 Å². The second kappa shape index (κ2) is 8.03. The van der Waals surface area contributed by atoms with Crippen molar-refractivity contribution in [3.8, 4) is 11.3 Å².